The molecule has 25 heavy (non-hydrogen) atoms. The van der Waals surface area contributed by atoms with Crippen LogP contribution in [0, 0.1) is 0 Å². The topological polar surface area (TPSA) is 89.2 Å². The molecule has 2 N–H and O–H groups in total. The van der Waals surface area contributed by atoms with Gasteiger partial charge in [0.2, 0.25) is 5.91 Å². The van der Waals surface area contributed by atoms with Gasteiger partial charge in [-0.3, -0.25) is 14.3 Å². The number of carbonyl (C=O) groups excluding carboxylic acids is 2. The number of rotatable bonds is 6. The van der Waals surface area contributed by atoms with E-state index in [9.17, 15) is 9.59 Å². The third kappa shape index (κ3) is 4.35. The molecule has 1 aromatic carbocycles. The third-order valence-corrected chi connectivity index (χ3v) is 3.57. The Labute approximate surface area is 144 Å². The minimum atomic E-state index is -0.725. The van der Waals surface area contributed by atoms with E-state index < -0.39 is 11.9 Å². The monoisotopic (exact) mass is 338 g/mol. The summed E-state index contributed by atoms with van der Waals surface area (Å²) in [6, 6.07) is 14.0. The van der Waals surface area contributed by atoms with Crippen LogP contribution in [-0.4, -0.2) is 27.6 Å². The molecule has 0 fully saturated rings. The molecule has 7 heteroatoms. The summed E-state index contributed by atoms with van der Waals surface area (Å²) >= 11 is 0. The molecule has 0 aliphatic rings. The van der Waals surface area contributed by atoms with Crippen LogP contribution < -0.4 is 10.6 Å². The fourth-order valence-corrected chi connectivity index (χ4v) is 2.26. The van der Waals surface area contributed by atoms with Crippen molar-refractivity contribution in [1.82, 2.24) is 15.1 Å². The quantitative estimate of drug-likeness (QED) is 0.721. The lowest BCUT2D eigenvalue weighted by atomic mass is 10.2. The van der Waals surface area contributed by atoms with Crippen molar-refractivity contribution in [3.8, 4) is 0 Å². The van der Waals surface area contributed by atoms with Crippen LogP contribution >= 0.6 is 0 Å². The van der Waals surface area contributed by atoms with E-state index in [0.717, 1.165) is 5.56 Å². The van der Waals surface area contributed by atoms with Crippen molar-refractivity contribution in [2.24, 2.45) is 0 Å². The van der Waals surface area contributed by atoms with Crippen LogP contribution in [0.4, 0.5) is 5.82 Å². The lowest BCUT2D eigenvalue weighted by molar-refractivity contribution is -0.117. The van der Waals surface area contributed by atoms with E-state index in [4.69, 9.17) is 4.42 Å². The Kier molecular flexibility index (Phi) is 4.94. The van der Waals surface area contributed by atoms with Crippen LogP contribution in [0.1, 0.15) is 23.0 Å². The van der Waals surface area contributed by atoms with Crippen LogP contribution in [0.25, 0.3) is 0 Å². The number of carbonyl (C=O) groups is 2. The number of hydrogen-bond acceptors (Lipinski definition) is 4. The fourth-order valence-electron chi connectivity index (χ4n) is 2.26. The minimum Gasteiger partial charge on any atom is -0.459 e. The lowest BCUT2D eigenvalue weighted by Gasteiger charge is -2.12. The van der Waals surface area contributed by atoms with E-state index in [1.54, 1.807) is 29.9 Å². The van der Waals surface area contributed by atoms with Gasteiger partial charge in [0, 0.05) is 12.3 Å². The first kappa shape index (κ1) is 16.5. The molecule has 2 aromatic heterocycles. The van der Waals surface area contributed by atoms with Crippen LogP contribution in [0.15, 0.2) is 65.4 Å². The molecule has 3 rings (SSSR count). The zero-order chi connectivity index (χ0) is 17.6. The van der Waals surface area contributed by atoms with Crippen molar-refractivity contribution in [1.29, 1.82) is 0 Å². The Hall–Kier alpha value is -3.35. The molecular formula is C18H18N4O3. The van der Waals surface area contributed by atoms with Gasteiger partial charge in [0.1, 0.15) is 6.04 Å². The van der Waals surface area contributed by atoms with E-state index in [0.29, 0.717) is 12.4 Å². The molecule has 3 aromatic rings. The van der Waals surface area contributed by atoms with Gasteiger partial charge in [-0.05, 0) is 24.6 Å². The van der Waals surface area contributed by atoms with E-state index >= 15 is 0 Å². The lowest BCUT2D eigenvalue weighted by Crippen LogP contribution is -2.41. The zero-order valence-electron chi connectivity index (χ0n) is 13.7. The van der Waals surface area contributed by atoms with Gasteiger partial charge in [0.05, 0.1) is 12.8 Å². The van der Waals surface area contributed by atoms with Gasteiger partial charge < -0.3 is 15.1 Å². The van der Waals surface area contributed by atoms with Crippen molar-refractivity contribution in [2.45, 2.75) is 19.5 Å². The predicted molar refractivity (Wildman–Crippen MR) is 92.0 cm³/mol. The number of nitrogens with zero attached hydrogens (tertiary/aromatic N) is 2. The Morgan fingerprint density at radius 2 is 1.96 bits per heavy atom. The van der Waals surface area contributed by atoms with Crippen LogP contribution in [0.2, 0.25) is 0 Å². The molecule has 2 heterocycles. The first-order valence-electron chi connectivity index (χ1n) is 7.84. The largest absolute Gasteiger partial charge is 0.459 e. The number of nitrogens with one attached hydrogen (secondary N) is 2. The van der Waals surface area contributed by atoms with Crippen molar-refractivity contribution in [3.05, 3.63) is 72.3 Å². The van der Waals surface area contributed by atoms with Gasteiger partial charge in [-0.2, -0.15) is 5.10 Å². The molecule has 7 nitrogen and oxygen atoms in total. The maximum absolute atomic E-state index is 12.2. The van der Waals surface area contributed by atoms with Crippen LogP contribution in [0.5, 0.6) is 0 Å². The average Bonchev–Trinajstić information content (AvgIpc) is 3.28. The highest BCUT2D eigenvalue weighted by Crippen LogP contribution is 2.07. The summed E-state index contributed by atoms with van der Waals surface area (Å²) in [7, 11) is 0. The summed E-state index contributed by atoms with van der Waals surface area (Å²) in [5.41, 5.74) is 1.11. The number of benzene rings is 1. The van der Waals surface area contributed by atoms with E-state index in [1.165, 1.54) is 12.3 Å². The number of anilines is 1. The van der Waals surface area contributed by atoms with Crippen LogP contribution in [0.3, 0.4) is 0 Å². The predicted octanol–water partition coefficient (Wildman–Crippen LogP) is 2.28. The Morgan fingerprint density at radius 3 is 2.68 bits per heavy atom. The SMILES string of the molecule is C[C@H](NC(=O)c1ccco1)C(=O)Nc1ccn(Cc2ccccc2)n1. The average molecular weight is 338 g/mol. The van der Waals surface area contributed by atoms with Gasteiger partial charge in [-0.25, -0.2) is 0 Å². The fraction of sp³-hybridized carbons (Fsp3) is 0.167. The summed E-state index contributed by atoms with van der Waals surface area (Å²) < 4.78 is 6.73. The summed E-state index contributed by atoms with van der Waals surface area (Å²) in [6.07, 6.45) is 3.19. The molecule has 0 bridgehead atoms. The standard InChI is InChI=1S/C18H18N4O3/c1-13(19-18(24)15-8-5-11-25-15)17(23)20-16-9-10-22(21-16)12-14-6-3-2-4-7-14/h2-11,13H,12H2,1H3,(H,19,24)(H,20,21,23)/t13-/m0/s1. The molecule has 128 valence electrons. The van der Waals surface area contributed by atoms with Crippen molar-refractivity contribution < 1.29 is 14.0 Å². The van der Waals surface area contributed by atoms with Gasteiger partial charge in [-0.15, -0.1) is 0 Å². The Balaban J connectivity index is 1.55. The number of aromatic nitrogens is 2. The molecule has 0 saturated heterocycles. The summed E-state index contributed by atoms with van der Waals surface area (Å²) in [4.78, 5) is 24.1. The summed E-state index contributed by atoms with van der Waals surface area (Å²) in [5.74, 6) is -0.209. The number of amides is 2. The second kappa shape index (κ2) is 7.48. The van der Waals surface area contributed by atoms with Gasteiger partial charge in [0.15, 0.2) is 11.6 Å². The minimum absolute atomic E-state index is 0.159. The second-order valence-electron chi connectivity index (χ2n) is 5.55. The highest BCUT2D eigenvalue weighted by atomic mass is 16.3. The summed E-state index contributed by atoms with van der Waals surface area (Å²) in [6.45, 7) is 2.21. The van der Waals surface area contributed by atoms with Crippen molar-refractivity contribution in [3.63, 3.8) is 0 Å². The number of hydrogen-bond donors (Lipinski definition) is 2. The molecule has 0 radical (unpaired) electrons. The zero-order valence-corrected chi connectivity index (χ0v) is 13.7. The normalized spacial score (nSPS) is 11.7. The van der Waals surface area contributed by atoms with Crippen molar-refractivity contribution in [2.75, 3.05) is 5.32 Å². The molecule has 2 amide bonds. The number of furan rings is 1. The maximum atomic E-state index is 12.2. The molecule has 0 saturated carbocycles. The Morgan fingerprint density at radius 1 is 1.16 bits per heavy atom. The van der Waals surface area contributed by atoms with Gasteiger partial charge in [-0.1, -0.05) is 30.3 Å². The highest BCUT2D eigenvalue weighted by Gasteiger charge is 2.18. The van der Waals surface area contributed by atoms with Gasteiger partial charge >= 0.3 is 0 Å². The summed E-state index contributed by atoms with van der Waals surface area (Å²) in [5, 5.41) is 9.56. The van der Waals surface area contributed by atoms with E-state index in [2.05, 4.69) is 15.7 Å². The maximum Gasteiger partial charge on any atom is 0.287 e. The van der Waals surface area contributed by atoms with E-state index in [1.807, 2.05) is 30.3 Å². The molecule has 0 aliphatic carbocycles. The molecule has 0 unspecified atom stereocenters. The molecule has 0 aliphatic heterocycles. The van der Waals surface area contributed by atoms with Crippen molar-refractivity contribution >= 4 is 17.6 Å². The van der Waals surface area contributed by atoms with Gasteiger partial charge in [0.25, 0.3) is 5.91 Å². The molecule has 1 atom stereocenters. The Bertz CT molecular complexity index is 840. The first-order valence-corrected chi connectivity index (χ1v) is 7.84. The molecular weight excluding hydrogens is 320 g/mol. The van der Waals surface area contributed by atoms with Crippen LogP contribution in [-0.2, 0) is 11.3 Å². The van der Waals surface area contributed by atoms with E-state index in [-0.39, 0.29) is 11.7 Å². The third-order valence-electron chi connectivity index (χ3n) is 3.57. The smallest absolute Gasteiger partial charge is 0.287 e. The first-order chi connectivity index (χ1) is 12.1. The highest BCUT2D eigenvalue weighted by molar-refractivity contribution is 5.99. The molecule has 0 spiro atoms. The second-order valence-corrected chi connectivity index (χ2v) is 5.55.